The maximum Gasteiger partial charge on any atom is 0.326 e. The van der Waals surface area contributed by atoms with Gasteiger partial charge >= 0.3 is 11.9 Å². The molecule has 5 rings (SSSR count). The Bertz CT molecular complexity index is 2830. The van der Waals surface area contributed by atoms with Crippen LogP contribution in [0.3, 0.4) is 0 Å². The van der Waals surface area contributed by atoms with E-state index in [1.54, 1.807) is 60.8 Å². The van der Waals surface area contributed by atoms with Gasteiger partial charge in [-0.15, -0.1) is 0 Å². The number of benzene rings is 2. The number of nitrogens with zero attached hydrogens (tertiary/aromatic N) is 2. The molecule has 0 unspecified atom stereocenters. The van der Waals surface area contributed by atoms with E-state index in [2.05, 4.69) is 52.2 Å². The van der Waals surface area contributed by atoms with Crippen molar-refractivity contribution < 1.29 is 78.3 Å². The molecule has 18 N–H and O–H groups in total. The minimum Gasteiger partial charge on any atom is -0.481 e. The molecule has 2 aromatic heterocycles. The molecule has 80 heavy (non-hydrogen) atoms. The Morgan fingerprint density at radius 2 is 1.27 bits per heavy atom. The summed E-state index contributed by atoms with van der Waals surface area (Å²) in [5.41, 5.74) is 12.9. The predicted octanol–water partition coefficient (Wildman–Crippen LogP) is -4.79. The SMILES string of the molecule is C[C@@H](O)[C@H](NC(=O)[C@H](CCC(N)=O)NC(=O)[C@@H](N)CO)C(=O)N[C@@H](Cc1c[nH]c2ccccc12)C(=O)N[C@@H](CO)C(=O)N[C@@H](Cc1ccccc1)C(=O)N1CCC[C@H]1C(=O)N[C@@H](CCC(=O)O)C(=O)N[C@@H](Cc1cnc[nH]1)C(=O)O. The number of aromatic amines is 2. The first-order valence-electron chi connectivity index (χ1n) is 25.5. The number of hydrogen-bond acceptors (Lipinski definition) is 16. The molecular weight excluding hydrogens is 1050 g/mol. The molecule has 10 atom stereocenters. The first-order valence-corrected chi connectivity index (χ1v) is 25.5. The molecule has 1 fully saturated rings. The lowest BCUT2D eigenvalue weighted by molar-refractivity contribution is -0.144. The van der Waals surface area contributed by atoms with Crippen LogP contribution in [0.5, 0.6) is 0 Å². The van der Waals surface area contributed by atoms with Crippen LogP contribution in [0, 0.1) is 0 Å². The highest BCUT2D eigenvalue weighted by Gasteiger charge is 2.41. The molecule has 1 saturated heterocycles. The van der Waals surface area contributed by atoms with E-state index in [9.17, 15) is 78.3 Å². The number of carboxylic acids is 2. The van der Waals surface area contributed by atoms with E-state index in [1.807, 2.05) is 0 Å². The molecule has 1 aliphatic rings. The Labute approximate surface area is 456 Å². The van der Waals surface area contributed by atoms with Gasteiger partial charge in [0.15, 0.2) is 0 Å². The molecule has 0 aliphatic carbocycles. The quantitative estimate of drug-likeness (QED) is 0.0225. The number of nitrogens with one attached hydrogen (secondary N) is 9. The van der Waals surface area contributed by atoms with Gasteiger partial charge in [-0.25, -0.2) is 9.78 Å². The number of carbonyl (C=O) groups excluding carboxylic acids is 9. The summed E-state index contributed by atoms with van der Waals surface area (Å²) >= 11 is 0. The third kappa shape index (κ3) is 17.9. The van der Waals surface area contributed by atoms with Crippen LogP contribution in [-0.4, -0.2) is 191 Å². The second-order valence-electron chi connectivity index (χ2n) is 19.1. The summed E-state index contributed by atoms with van der Waals surface area (Å²) in [4.78, 5) is 157. The van der Waals surface area contributed by atoms with E-state index < -0.39 is 158 Å². The van der Waals surface area contributed by atoms with Crippen LogP contribution in [0.25, 0.3) is 10.9 Å². The number of amides is 9. The van der Waals surface area contributed by atoms with E-state index in [0.29, 0.717) is 27.7 Å². The number of likely N-dealkylation sites (tertiary alicyclic amines) is 1. The highest BCUT2D eigenvalue weighted by atomic mass is 16.4. The van der Waals surface area contributed by atoms with Gasteiger partial charge in [0.1, 0.15) is 54.4 Å². The molecule has 0 spiro atoms. The molecule has 0 saturated carbocycles. The van der Waals surface area contributed by atoms with Crippen LogP contribution in [0.15, 0.2) is 73.3 Å². The van der Waals surface area contributed by atoms with Crippen LogP contribution in [0.4, 0.5) is 0 Å². The van der Waals surface area contributed by atoms with Crippen LogP contribution < -0.4 is 48.7 Å². The number of carboxylic acid groups (broad SMARTS) is 2. The average Bonchev–Trinajstić information content (AvgIpc) is 4.23. The average molecular weight is 1120 g/mol. The monoisotopic (exact) mass is 1120 g/mol. The number of hydrogen-bond donors (Lipinski definition) is 16. The minimum absolute atomic E-state index is 0.0286. The molecule has 2 aromatic carbocycles. The van der Waals surface area contributed by atoms with Gasteiger partial charge in [0.25, 0.3) is 0 Å². The second kappa shape index (κ2) is 29.8. The number of aliphatic carboxylic acids is 2. The number of imidazole rings is 1. The first-order chi connectivity index (χ1) is 38.1. The number of aliphatic hydroxyl groups is 3. The largest absolute Gasteiger partial charge is 0.481 e. The molecule has 29 heteroatoms. The van der Waals surface area contributed by atoms with Gasteiger partial charge in [-0.3, -0.25) is 47.9 Å². The van der Waals surface area contributed by atoms with Crippen molar-refractivity contribution in [3.05, 3.63) is 90.1 Å². The number of H-pyrrole nitrogens is 2. The van der Waals surface area contributed by atoms with E-state index in [1.165, 1.54) is 12.5 Å². The molecular formula is C51H67N13O16. The molecule has 1 aliphatic heterocycles. The summed E-state index contributed by atoms with van der Waals surface area (Å²) in [5.74, 6) is -11.7. The number of fused-ring (bicyclic) bond motifs is 1. The molecule has 3 heterocycles. The number of carbonyl (C=O) groups is 11. The summed E-state index contributed by atoms with van der Waals surface area (Å²) < 4.78 is 0. The number of aliphatic hydroxyl groups excluding tert-OH is 3. The van der Waals surface area contributed by atoms with Crippen molar-refractivity contribution in [3.63, 3.8) is 0 Å². The zero-order valence-electron chi connectivity index (χ0n) is 43.5. The topological polar surface area (TPSA) is 473 Å². The second-order valence-corrected chi connectivity index (χ2v) is 19.1. The summed E-state index contributed by atoms with van der Waals surface area (Å²) in [5, 5.41) is 67.5. The summed E-state index contributed by atoms with van der Waals surface area (Å²) in [6.45, 7) is -0.768. The van der Waals surface area contributed by atoms with Crippen molar-refractivity contribution in [2.75, 3.05) is 19.8 Å². The lowest BCUT2D eigenvalue weighted by Gasteiger charge is -2.31. The van der Waals surface area contributed by atoms with Crippen LogP contribution in [0.2, 0.25) is 0 Å². The zero-order chi connectivity index (χ0) is 58.6. The van der Waals surface area contributed by atoms with Crippen LogP contribution >= 0.6 is 0 Å². The lowest BCUT2D eigenvalue weighted by Crippen LogP contribution is -2.62. The summed E-state index contributed by atoms with van der Waals surface area (Å²) in [6.07, 6.45) is 0.258. The van der Waals surface area contributed by atoms with Crippen molar-refractivity contribution in [2.24, 2.45) is 11.5 Å². The lowest BCUT2D eigenvalue weighted by atomic mass is 10.0. The van der Waals surface area contributed by atoms with Gasteiger partial charge in [0, 0.05) is 67.6 Å². The third-order valence-corrected chi connectivity index (χ3v) is 13.1. The maximum absolute atomic E-state index is 14.6. The van der Waals surface area contributed by atoms with Crippen molar-refractivity contribution in [1.82, 2.24) is 57.1 Å². The van der Waals surface area contributed by atoms with Crippen molar-refractivity contribution >= 4 is 76.0 Å². The van der Waals surface area contributed by atoms with E-state index in [0.717, 1.165) is 11.8 Å². The Kier molecular flexibility index (Phi) is 23.1. The molecule has 29 nitrogen and oxygen atoms in total. The van der Waals surface area contributed by atoms with Gasteiger partial charge in [-0.05, 0) is 49.8 Å². The Morgan fingerprint density at radius 1 is 0.675 bits per heavy atom. The van der Waals surface area contributed by atoms with Crippen LogP contribution in [0.1, 0.15) is 62.3 Å². The number of aromatic nitrogens is 3. The Balaban J connectivity index is 1.37. The van der Waals surface area contributed by atoms with Crippen molar-refractivity contribution in [1.29, 1.82) is 0 Å². The Hall–Kier alpha value is -8.80. The fourth-order valence-corrected chi connectivity index (χ4v) is 8.75. The van der Waals surface area contributed by atoms with Gasteiger partial charge in [0.05, 0.1) is 25.6 Å². The summed E-state index contributed by atoms with van der Waals surface area (Å²) in [7, 11) is 0. The zero-order valence-corrected chi connectivity index (χ0v) is 43.5. The summed E-state index contributed by atoms with van der Waals surface area (Å²) in [6, 6.07) is 1.09. The molecule has 432 valence electrons. The maximum atomic E-state index is 14.6. The molecule has 9 amide bonds. The number of primary amides is 1. The smallest absolute Gasteiger partial charge is 0.326 e. The van der Waals surface area contributed by atoms with E-state index in [-0.39, 0.29) is 45.1 Å². The fraction of sp³-hybridized carbons (Fsp3) is 0.451. The number of rotatable bonds is 31. The predicted molar refractivity (Wildman–Crippen MR) is 279 cm³/mol. The van der Waals surface area contributed by atoms with Crippen molar-refractivity contribution in [3.8, 4) is 0 Å². The molecule has 4 aromatic rings. The van der Waals surface area contributed by atoms with Crippen molar-refractivity contribution in [2.45, 2.75) is 125 Å². The molecule has 0 bridgehead atoms. The standard InChI is InChI=1S/C51H67N13O16/c1-26(67)42(63-45(73)33(13-15-40(53)68)57-43(71)31(52)23-65)49(77)59-35(19-28-21-55-32-11-6-5-10-30(28)32)46(74)62-38(24-66)47(75)60-36(18-27-8-3-2-4-9-27)50(78)64-17-7-12-39(64)48(76)58-34(14-16-41(69)70)44(72)61-37(51(79)80)20-29-22-54-25-56-29/h2-6,8-11,21-22,25-26,31,33-39,42,55,65-67H,7,12-20,23-24,52H2,1H3,(H2,53,68)(H,54,56)(H,57,71)(H,58,76)(H,59,77)(H,60,75)(H,61,72)(H,62,74)(H,63,73)(H,69,70)(H,79,80)/t26-,31+,33+,34+,35+,36+,37+,38+,39+,42+/m1/s1. The molecule has 0 radical (unpaired) electrons. The number of para-hydroxylation sites is 1. The van der Waals surface area contributed by atoms with E-state index >= 15 is 0 Å². The third-order valence-electron chi connectivity index (χ3n) is 13.1. The first kappa shape index (κ1) is 62.0. The van der Waals surface area contributed by atoms with Crippen LogP contribution in [-0.2, 0) is 72.0 Å². The van der Waals surface area contributed by atoms with Gasteiger partial charge in [-0.2, -0.15) is 0 Å². The van der Waals surface area contributed by atoms with Gasteiger partial charge in [-0.1, -0.05) is 48.5 Å². The number of nitrogens with two attached hydrogens (primary N) is 2. The normalized spacial score (nSPS) is 16.5. The van der Waals surface area contributed by atoms with Gasteiger partial charge < -0.3 is 89.1 Å². The fourth-order valence-electron chi connectivity index (χ4n) is 8.75. The van der Waals surface area contributed by atoms with Gasteiger partial charge in [0.2, 0.25) is 53.2 Å². The highest BCUT2D eigenvalue weighted by Crippen LogP contribution is 2.22. The highest BCUT2D eigenvalue weighted by molar-refractivity contribution is 5.99. The van der Waals surface area contributed by atoms with E-state index in [4.69, 9.17) is 11.5 Å². The Morgan fingerprint density at radius 3 is 1.91 bits per heavy atom. The minimum atomic E-state index is -1.84.